The fourth-order valence-electron chi connectivity index (χ4n) is 1.55. The molecule has 0 aliphatic rings. The SMILES string of the molecule is OC(/C=C/c1ccccc1)CC(O)(C(F)(F)F)C(F)(F)F. The molecule has 0 aliphatic carbocycles. The molecule has 0 aliphatic heterocycles. The molecule has 0 amide bonds. The highest BCUT2D eigenvalue weighted by molar-refractivity contribution is 5.49. The molecule has 1 rings (SSSR count). The largest absolute Gasteiger partial charge is 0.426 e. The molecule has 1 aromatic carbocycles. The van der Waals surface area contributed by atoms with Crippen LogP contribution in [-0.4, -0.2) is 34.3 Å². The van der Waals surface area contributed by atoms with Gasteiger partial charge in [0.2, 0.25) is 0 Å². The van der Waals surface area contributed by atoms with E-state index in [1.54, 1.807) is 30.3 Å². The lowest BCUT2D eigenvalue weighted by molar-refractivity contribution is -0.372. The summed E-state index contributed by atoms with van der Waals surface area (Å²) < 4.78 is 74.5. The van der Waals surface area contributed by atoms with E-state index in [-0.39, 0.29) is 0 Å². The lowest BCUT2D eigenvalue weighted by Gasteiger charge is -2.33. The summed E-state index contributed by atoms with van der Waals surface area (Å²) >= 11 is 0. The number of hydrogen-bond acceptors (Lipinski definition) is 2. The van der Waals surface area contributed by atoms with E-state index in [1.807, 2.05) is 0 Å². The van der Waals surface area contributed by atoms with Crippen LogP contribution in [0, 0.1) is 0 Å². The molecule has 0 saturated carbocycles. The second kappa shape index (κ2) is 6.07. The Morgan fingerprint density at radius 3 is 1.86 bits per heavy atom. The van der Waals surface area contributed by atoms with Crippen LogP contribution in [0.4, 0.5) is 26.3 Å². The van der Waals surface area contributed by atoms with E-state index in [9.17, 15) is 31.4 Å². The Morgan fingerprint density at radius 1 is 0.952 bits per heavy atom. The Hall–Kier alpha value is -1.54. The van der Waals surface area contributed by atoms with Crippen molar-refractivity contribution in [3.05, 3.63) is 42.0 Å². The molecule has 1 aromatic rings. The minimum Gasteiger partial charge on any atom is -0.389 e. The molecule has 0 saturated heterocycles. The summed E-state index contributed by atoms with van der Waals surface area (Å²) in [6.45, 7) is 0. The van der Waals surface area contributed by atoms with Gasteiger partial charge in [0.1, 0.15) is 0 Å². The van der Waals surface area contributed by atoms with Crippen LogP contribution in [0.1, 0.15) is 12.0 Å². The summed E-state index contributed by atoms with van der Waals surface area (Å²) in [6.07, 6.45) is -14.0. The van der Waals surface area contributed by atoms with Crippen LogP contribution in [0.15, 0.2) is 36.4 Å². The predicted molar refractivity (Wildman–Crippen MR) is 63.2 cm³/mol. The molecule has 0 spiro atoms. The maximum absolute atomic E-state index is 12.4. The Kier molecular flexibility index (Phi) is 5.06. The summed E-state index contributed by atoms with van der Waals surface area (Å²) in [5.41, 5.74) is -4.47. The van der Waals surface area contributed by atoms with Crippen molar-refractivity contribution in [2.75, 3.05) is 0 Å². The standard InChI is InChI=1S/C13H12F6O2/c14-12(15,16)11(21,13(17,18)19)8-10(20)7-6-9-4-2-1-3-5-9/h1-7,10,20-21H,8H2/b7-6+. The molecule has 8 heteroatoms. The number of rotatable bonds is 4. The lowest BCUT2D eigenvalue weighted by atomic mass is 9.94. The van der Waals surface area contributed by atoms with Crippen molar-refractivity contribution in [3.8, 4) is 0 Å². The van der Waals surface area contributed by atoms with Crippen LogP contribution in [0.3, 0.4) is 0 Å². The third kappa shape index (κ3) is 4.21. The fourth-order valence-corrected chi connectivity index (χ4v) is 1.55. The van der Waals surface area contributed by atoms with Gasteiger partial charge in [-0.15, -0.1) is 0 Å². The summed E-state index contributed by atoms with van der Waals surface area (Å²) in [6, 6.07) is 7.97. The molecule has 0 heterocycles. The molecule has 1 atom stereocenters. The molecule has 21 heavy (non-hydrogen) atoms. The Labute approximate surface area is 116 Å². The van der Waals surface area contributed by atoms with Crippen molar-refractivity contribution in [1.29, 1.82) is 0 Å². The molecule has 118 valence electrons. The summed E-state index contributed by atoms with van der Waals surface area (Å²) in [5, 5.41) is 18.2. The van der Waals surface area contributed by atoms with Gasteiger partial charge < -0.3 is 10.2 Å². The van der Waals surface area contributed by atoms with Crippen molar-refractivity contribution in [1.82, 2.24) is 0 Å². The van der Waals surface area contributed by atoms with E-state index < -0.39 is 30.5 Å². The number of aliphatic hydroxyl groups excluding tert-OH is 1. The highest BCUT2D eigenvalue weighted by Gasteiger charge is 2.70. The van der Waals surface area contributed by atoms with Gasteiger partial charge in [0, 0.05) is 6.42 Å². The van der Waals surface area contributed by atoms with E-state index in [4.69, 9.17) is 5.11 Å². The van der Waals surface area contributed by atoms with Crippen LogP contribution in [0.5, 0.6) is 0 Å². The van der Waals surface area contributed by atoms with Crippen molar-refractivity contribution in [3.63, 3.8) is 0 Å². The van der Waals surface area contributed by atoms with Crippen molar-refractivity contribution >= 4 is 6.08 Å². The molecular formula is C13H12F6O2. The topological polar surface area (TPSA) is 40.5 Å². The minimum absolute atomic E-state index is 0.485. The summed E-state index contributed by atoms with van der Waals surface area (Å²) in [5.74, 6) is 0. The number of halogens is 6. The first-order valence-corrected chi connectivity index (χ1v) is 5.74. The number of hydrogen-bond donors (Lipinski definition) is 2. The van der Waals surface area contributed by atoms with Crippen molar-refractivity contribution < 1.29 is 36.6 Å². The first-order valence-electron chi connectivity index (χ1n) is 5.74. The van der Waals surface area contributed by atoms with E-state index in [1.165, 1.54) is 0 Å². The Morgan fingerprint density at radius 2 is 1.43 bits per heavy atom. The van der Waals surface area contributed by atoms with E-state index in [2.05, 4.69) is 0 Å². The highest BCUT2D eigenvalue weighted by atomic mass is 19.4. The van der Waals surface area contributed by atoms with E-state index >= 15 is 0 Å². The number of alkyl halides is 6. The Bertz CT molecular complexity index is 464. The molecule has 0 fully saturated rings. The van der Waals surface area contributed by atoms with Gasteiger partial charge in [0.15, 0.2) is 0 Å². The monoisotopic (exact) mass is 314 g/mol. The zero-order valence-corrected chi connectivity index (χ0v) is 10.5. The maximum Gasteiger partial charge on any atom is 0.426 e. The van der Waals surface area contributed by atoms with E-state index in [0.717, 1.165) is 12.2 Å². The van der Waals surface area contributed by atoms with Crippen LogP contribution in [0.2, 0.25) is 0 Å². The van der Waals surface area contributed by atoms with Gasteiger partial charge in [0.25, 0.3) is 5.60 Å². The number of benzene rings is 1. The second-order valence-corrected chi connectivity index (χ2v) is 4.40. The van der Waals surface area contributed by atoms with Crippen LogP contribution in [-0.2, 0) is 0 Å². The Balaban J connectivity index is 2.88. The molecule has 0 aromatic heterocycles. The predicted octanol–water partition coefficient (Wildman–Crippen LogP) is 3.31. The first-order chi connectivity index (χ1) is 9.47. The molecule has 2 nitrogen and oxygen atoms in total. The van der Waals surface area contributed by atoms with Gasteiger partial charge in [-0.2, -0.15) is 26.3 Å². The molecule has 2 N–H and O–H groups in total. The molecule has 1 unspecified atom stereocenters. The smallest absolute Gasteiger partial charge is 0.389 e. The van der Waals surface area contributed by atoms with Gasteiger partial charge in [-0.1, -0.05) is 42.5 Å². The first kappa shape index (κ1) is 17.5. The molecular weight excluding hydrogens is 302 g/mol. The third-order valence-electron chi connectivity index (χ3n) is 2.75. The summed E-state index contributed by atoms with van der Waals surface area (Å²) in [7, 11) is 0. The van der Waals surface area contributed by atoms with Crippen LogP contribution >= 0.6 is 0 Å². The zero-order valence-electron chi connectivity index (χ0n) is 10.5. The normalized spacial score (nSPS) is 15.4. The zero-order chi connectivity index (χ0) is 16.3. The average molecular weight is 314 g/mol. The molecule has 0 radical (unpaired) electrons. The summed E-state index contributed by atoms with van der Waals surface area (Å²) in [4.78, 5) is 0. The van der Waals surface area contributed by atoms with Crippen LogP contribution in [0.25, 0.3) is 6.08 Å². The highest BCUT2D eigenvalue weighted by Crippen LogP contribution is 2.45. The lowest BCUT2D eigenvalue weighted by Crippen LogP contribution is -2.58. The van der Waals surface area contributed by atoms with Gasteiger partial charge in [-0.05, 0) is 5.56 Å². The minimum atomic E-state index is -5.94. The van der Waals surface area contributed by atoms with Crippen molar-refractivity contribution in [2.45, 2.75) is 30.5 Å². The van der Waals surface area contributed by atoms with E-state index in [0.29, 0.717) is 5.56 Å². The van der Waals surface area contributed by atoms with Crippen LogP contribution < -0.4 is 0 Å². The van der Waals surface area contributed by atoms with Gasteiger partial charge in [-0.3, -0.25) is 0 Å². The van der Waals surface area contributed by atoms with Crippen molar-refractivity contribution in [2.24, 2.45) is 0 Å². The molecule has 0 bridgehead atoms. The quantitative estimate of drug-likeness (QED) is 0.837. The maximum atomic E-state index is 12.4. The average Bonchev–Trinajstić information content (AvgIpc) is 2.35. The van der Waals surface area contributed by atoms with Gasteiger partial charge in [0.05, 0.1) is 6.10 Å². The van der Waals surface area contributed by atoms with Gasteiger partial charge >= 0.3 is 12.4 Å². The fraction of sp³-hybridized carbons (Fsp3) is 0.385. The van der Waals surface area contributed by atoms with Gasteiger partial charge in [-0.25, -0.2) is 0 Å². The third-order valence-corrected chi connectivity index (χ3v) is 2.75. The number of aliphatic hydroxyl groups is 2. The second-order valence-electron chi connectivity index (χ2n) is 4.40.